The second kappa shape index (κ2) is 9.34. The van der Waals surface area contributed by atoms with E-state index in [2.05, 4.69) is 10.6 Å². The number of nitrogens with one attached hydrogen (secondary N) is 2. The number of ether oxygens (including phenoxy) is 1. The van der Waals surface area contributed by atoms with E-state index in [1.807, 2.05) is 0 Å². The summed E-state index contributed by atoms with van der Waals surface area (Å²) >= 11 is 0. The molecule has 0 saturated carbocycles. The molecule has 20 heavy (non-hydrogen) atoms. The zero-order valence-corrected chi connectivity index (χ0v) is 11.9. The van der Waals surface area contributed by atoms with Crippen molar-refractivity contribution in [2.24, 2.45) is 0 Å². The molecule has 1 aliphatic heterocycles. The summed E-state index contributed by atoms with van der Waals surface area (Å²) in [5.74, 6) is -0.747. The number of aliphatic hydroxyl groups is 1. The van der Waals surface area contributed by atoms with E-state index < -0.39 is 5.91 Å². The number of nitrogens with zero attached hydrogens (tertiary/aromatic N) is 1. The largest absolute Gasteiger partial charge is 0.511 e. The van der Waals surface area contributed by atoms with Crippen LogP contribution in [0.25, 0.3) is 0 Å². The summed E-state index contributed by atoms with van der Waals surface area (Å²) in [4.78, 5) is 11.5. The van der Waals surface area contributed by atoms with Crippen LogP contribution in [0.4, 0.5) is 0 Å². The summed E-state index contributed by atoms with van der Waals surface area (Å²) < 4.78 is 5.37. The lowest BCUT2D eigenvalue weighted by molar-refractivity contribution is -0.117. The molecule has 0 bridgehead atoms. The number of carbonyl (C=O) groups is 1. The Hall–Kier alpha value is -1.58. The predicted molar refractivity (Wildman–Crippen MR) is 75.0 cm³/mol. The maximum Gasteiger partial charge on any atom is 0.265 e. The first kappa shape index (κ1) is 16.5. The molecule has 0 spiro atoms. The minimum atomic E-state index is -0.505. The van der Waals surface area contributed by atoms with Gasteiger partial charge in [0.1, 0.15) is 11.8 Å². The number of aliphatic hydroxyl groups excluding tert-OH is 1. The van der Waals surface area contributed by atoms with E-state index in [1.54, 1.807) is 6.07 Å². The van der Waals surface area contributed by atoms with E-state index >= 15 is 0 Å². The monoisotopic (exact) mass is 281 g/mol. The van der Waals surface area contributed by atoms with Crippen molar-refractivity contribution in [2.75, 3.05) is 26.3 Å². The molecule has 6 heteroatoms. The molecule has 1 unspecified atom stereocenters. The number of allylic oxidation sites excluding steroid dienone is 1. The summed E-state index contributed by atoms with van der Waals surface area (Å²) in [5.41, 5.74) is -0.214. The molecule has 0 radical (unpaired) electrons. The van der Waals surface area contributed by atoms with Crippen LogP contribution in [0.1, 0.15) is 32.6 Å². The van der Waals surface area contributed by atoms with E-state index in [-0.39, 0.29) is 11.3 Å². The third kappa shape index (κ3) is 6.04. The molecule has 1 atom stereocenters. The van der Waals surface area contributed by atoms with Crippen molar-refractivity contribution in [3.63, 3.8) is 0 Å². The van der Waals surface area contributed by atoms with Crippen molar-refractivity contribution >= 4 is 5.91 Å². The summed E-state index contributed by atoms with van der Waals surface area (Å²) in [7, 11) is 0. The molecular weight excluding hydrogens is 258 g/mol. The van der Waals surface area contributed by atoms with Crippen molar-refractivity contribution in [1.29, 1.82) is 5.26 Å². The van der Waals surface area contributed by atoms with Crippen LogP contribution in [0.2, 0.25) is 0 Å². The average Bonchev–Trinajstić information content (AvgIpc) is 2.44. The van der Waals surface area contributed by atoms with Gasteiger partial charge in [-0.3, -0.25) is 4.79 Å². The van der Waals surface area contributed by atoms with Crippen LogP contribution >= 0.6 is 0 Å². The number of amides is 1. The van der Waals surface area contributed by atoms with E-state index in [4.69, 9.17) is 15.1 Å². The van der Waals surface area contributed by atoms with Gasteiger partial charge in [-0.2, -0.15) is 5.26 Å². The predicted octanol–water partition coefficient (Wildman–Crippen LogP) is 1.01. The van der Waals surface area contributed by atoms with Crippen molar-refractivity contribution in [1.82, 2.24) is 10.6 Å². The lowest BCUT2D eigenvalue weighted by atomic mass is 10.1. The maximum absolute atomic E-state index is 11.5. The molecule has 1 heterocycles. The van der Waals surface area contributed by atoms with Crippen LogP contribution in [0.5, 0.6) is 0 Å². The number of unbranched alkanes of at least 4 members (excludes halogenated alkanes) is 2. The zero-order valence-electron chi connectivity index (χ0n) is 11.9. The highest BCUT2D eigenvalue weighted by molar-refractivity contribution is 5.97. The Morgan fingerprint density at radius 1 is 1.50 bits per heavy atom. The highest BCUT2D eigenvalue weighted by Gasteiger charge is 2.13. The third-order valence-corrected chi connectivity index (χ3v) is 3.21. The number of morpholine rings is 1. The third-order valence-electron chi connectivity index (χ3n) is 3.21. The van der Waals surface area contributed by atoms with Crippen molar-refractivity contribution < 1.29 is 14.6 Å². The van der Waals surface area contributed by atoms with Crippen molar-refractivity contribution in [3.05, 3.63) is 11.3 Å². The molecule has 1 fully saturated rings. The summed E-state index contributed by atoms with van der Waals surface area (Å²) in [6.07, 6.45) is 4.04. The molecule has 1 rings (SSSR count). The van der Waals surface area contributed by atoms with Gasteiger partial charge in [0.25, 0.3) is 5.91 Å². The van der Waals surface area contributed by atoms with Crippen LogP contribution in [0.15, 0.2) is 11.3 Å². The van der Waals surface area contributed by atoms with Crippen molar-refractivity contribution in [3.8, 4) is 6.07 Å². The topological polar surface area (TPSA) is 94.4 Å². The average molecular weight is 281 g/mol. The Bertz CT molecular complexity index is 378. The van der Waals surface area contributed by atoms with Gasteiger partial charge in [0, 0.05) is 19.1 Å². The molecular formula is C14H23N3O3. The summed E-state index contributed by atoms with van der Waals surface area (Å²) in [5, 5.41) is 23.9. The summed E-state index contributed by atoms with van der Waals surface area (Å²) in [6.45, 7) is 4.35. The van der Waals surface area contributed by atoms with Crippen LogP contribution in [-0.4, -0.2) is 43.4 Å². The Kier molecular flexibility index (Phi) is 7.70. The number of hydrogen-bond acceptors (Lipinski definition) is 5. The van der Waals surface area contributed by atoms with Crippen molar-refractivity contribution in [2.45, 2.75) is 38.6 Å². The molecule has 0 aromatic heterocycles. The van der Waals surface area contributed by atoms with Gasteiger partial charge in [0.05, 0.1) is 13.2 Å². The van der Waals surface area contributed by atoms with Crippen LogP contribution in [0, 0.1) is 11.3 Å². The molecule has 0 aliphatic carbocycles. The van der Waals surface area contributed by atoms with E-state index in [1.165, 1.54) is 6.92 Å². The Morgan fingerprint density at radius 2 is 2.30 bits per heavy atom. The number of nitriles is 1. The van der Waals surface area contributed by atoms with Gasteiger partial charge >= 0.3 is 0 Å². The summed E-state index contributed by atoms with van der Waals surface area (Å²) in [6, 6.07) is 2.14. The fourth-order valence-corrected chi connectivity index (χ4v) is 2.08. The highest BCUT2D eigenvalue weighted by Crippen LogP contribution is 2.06. The smallest absolute Gasteiger partial charge is 0.265 e. The van der Waals surface area contributed by atoms with E-state index in [9.17, 15) is 4.79 Å². The standard InChI is InChI=1S/C14H23N3O3/c1-11(18)13(9-15)14(19)17-6-4-2-3-5-12-10-20-8-7-16-12/h12,16,18H,2-8,10H2,1H3,(H,17,19)/b13-11-. The zero-order chi connectivity index (χ0) is 14.8. The fraction of sp³-hybridized carbons (Fsp3) is 0.714. The van der Waals surface area contributed by atoms with E-state index in [0.29, 0.717) is 12.6 Å². The normalized spacial score (nSPS) is 19.9. The van der Waals surface area contributed by atoms with Gasteiger partial charge in [-0.1, -0.05) is 12.8 Å². The van der Waals surface area contributed by atoms with Gasteiger partial charge in [-0.05, 0) is 19.8 Å². The lowest BCUT2D eigenvalue weighted by Crippen LogP contribution is -2.41. The second-order valence-electron chi connectivity index (χ2n) is 4.90. The van der Waals surface area contributed by atoms with Gasteiger partial charge in [-0.25, -0.2) is 0 Å². The first-order valence-corrected chi connectivity index (χ1v) is 7.04. The van der Waals surface area contributed by atoms with E-state index in [0.717, 1.165) is 45.4 Å². The second-order valence-corrected chi connectivity index (χ2v) is 4.90. The van der Waals surface area contributed by atoms with Gasteiger partial charge in [-0.15, -0.1) is 0 Å². The molecule has 0 aromatic rings. The van der Waals surface area contributed by atoms with Gasteiger partial charge in [0.2, 0.25) is 0 Å². The fourth-order valence-electron chi connectivity index (χ4n) is 2.08. The number of rotatable bonds is 7. The Balaban J connectivity index is 2.06. The van der Waals surface area contributed by atoms with Crippen LogP contribution in [-0.2, 0) is 9.53 Å². The highest BCUT2D eigenvalue weighted by atomic mass is 16.5. The Morgan fingerprint density at radius 3 is 2.90 bits per heavy atom. The molecule has 112 valence electrons. The Labute approximate surface area is 119 Å². The lowest BCUT2D eigenvalue weighted by Gasteiger charge is -2.23. The first-order chi connectivity index (χ1) is 9.65. The number of carbonyl (C=O) groups excluding carboxylic acids is 1. The molecule has 0 aromatic carbocycles. The van der Waals surface area contributed by atoms with Crippen LogP contribution in [0.3, 0.4) is 0 Å². The maximum atomic E-state index is 11.5. The minimum Gasteiger partial charge on any atom is -0.511 e. The number of hydrogen-bond donors (Lipinski definition) is 3. The SMILES string of the molecule is C/C(O)=C(\C#N)C(=O)NCCCCCC1COCCN1. The molecule has 3 N–H and O–H groups in total. The minimum absolute atomic E-state index is 0.214. The first-order valence-electron chi connectivity index (χ1n) is 7.04. The van der Waals surface area contributed by atoms with Gasteiger partial charge < -0.3 is 20.5 Å². The molecule has 1 saturated heterocycles. The molecule has 1 amide bonds. The van der Waals surface area contributed by atoms with Crippen LogP contribution < -0.4 is 10.6 Å². The quantitative estimate of drug-likeness (QED) is 0.280. The van der Waals surface area contributed by atoms with Gasteiger partial charge in [0.15, 0.2) is 5.57 Å². The molecule has 1 aliphatic rings. The molecule has 6 nitrogen and oxygen atoms in total.